The number of carbonyl (C=O) groups excluding carboxylic acids is 2. The van der Waals surface area contributed by atoms with Crippen LogP contribution in [-0.2, 0) is 9.53 Å². The Bertz CT molecular complexity index is 1620. The molecule has 1 aliphatic rings. The van der Waals surface area contributed by atoms with E-state index < -0.39 is 29.6 Å². The van der Waals surface area contributed by atoms with Crippen molar-refractivity contribution in [3.8, 4) is 11.1 Å². The van der Waals surface area contributed by atoms with Gasteiger partial charge in [0.05, 0.1) is 10.2 Å². The number of carbonyl (C=O) groups is 3. The van der Waals surface area contributed by atoms with Crippen molar-refractivity contribution in [1.29, 1.82) is 0 Å². The Morgan fingerprint density at radius 1 is 1.00 bits per heavy atom. The molecule has 9 nitrogen and oxygen atoms in total. The number of ether oxygens (including phenoxy) is 1. The second-order valence-electron chi connectivity index (χ2n) is 11.5. The number of nitrogens with zero attached hydrogens (tertiary/aromatic N) is 2. The molecule has 3 aromatic carbocycles. The fraction of sp³-hybridized carbons (Fsp3) is 0.312. The molecule has 2 heterocycles. The normalized spacial score (nSPS) is 14.7. The molecule has 5 rings (SSSR count). The lowest BCUT2D eigenvalue weighted by molar-refractivity contribution is -0.141. The molecule has 0 aliphatic carbocycles. The number of amides is 2. The first kappa shape index (κ1) is 30.0. The predicted molar refractivity (Wildman–Crippen MR) is 164 cm³/mol. The van der Waals surface area contributed by atoms with E-state index in [9.17, 15) is 23.9 Å². The summed E-state index contributed by atoms with van der Waals surface area (Å²) in [5, 5.41) is 16.5. The Balaban J connectivity index is 1.17. The van der Waals surface area contributed by atoms with Crippen LogP contribution in [0.4, 0.5) is 20.0 Å². The molecule has 0 saturated carbocycles. The Hall–Kier alpha value is -4.51. The van der Waals surface area contributed by atoms with Gasteiger partial charge in [-0.3, -0.25) is 4.79 Å². The van der Waals surface area contributed by atoms with Gasteiger partial charge in [-0.1, -0.05) is 35.6 Å². The lowest BCUT2D eigenvalue weighted by Crippen LogP contribution is -2.50. The molecule has 0 spiro atoms. The van der Waals surface area contributed by atoms with Gasteiger partial charge in [-0.05, 0) is 93.1 Å². The molecular formula is C32H33FN4O5S. The average Bonchev–Trinajstić information content (AvgIpc) is 3.36. The van der Waals surface area contributed by atoms with E-state index in [2.05, 4.69) is 15.6 Å². The summed E-state index contributed by atoms with van der Waals surface area (Å²) in [6, 6.07) is 18.1. The second kappa shape index (κ2) is 12.4. The van der Waals surface area contributed by atoms with Gasteiger partial charge < -0.3 is 25.4 Å². The zero-order valence-corrected chi connectivity index (χ0v) is 24.9. The summed E-state index contributed by atoms with van der Waals surface area (Å²) in [6.45, 7) is 6.12. The van der Waals surface area contributed by atoms with Crippen LogP contribution >= 0.6 is 11.3 Å². The van der Waals surface area contributed by atoms with Gasteiger partial charge in [0.15, 0.2) is 5.13 Å². The number of hydrogen-bond donors (Lipinski definition) is 3. The zero-order chi connectivity index (χ0) is 30.7. The molecule has 1 unspecified atom stereocenters. The smallest absolute Gasteiger partial charge is 0.410 e. The molecule has 1 fully saturated rings. The van der Waals surface area contributed by atoms with Gasteiger partial charge in [-0.25, -0.2) is 19.0 Å². The quantitative estimate of drug-likeness (QED) is 0.215. The number of likely N-dealkylation sites (tertiary alicyclic amines) is 1. The highest BCUT2D eigenvalue weighted by molar-refractivity contribution is 7.22. The van der Waals surface area contributed by atoms with E-state index in [-0.39, 0.29) is 11.7 Å². The van der Waals surface area contributed by atoms with Crippen molar-refractivity contribution in [2.45, 2.75) is 45.3 Å². The molecule has 1 saturated heterocycles. The number of fused-ring (bicyclic) bond motifs is 1. The first-order valence-corrected chi connectivity index (χ1v) is 14.8. The fourth-order valence-electron chi connectivity index (χ4n) is 4.98. The summed E-state index contributed by atoms with van der Waals surface area (Å²) >= 11 is 1.37. The number of rotatable bonds is 7. The molecule has 4 aromatic rings. The molecule has 1 atom stereocenters. The summed E-state index contributed by atoms with van der Waals surface area (Å²) in [6.07, 6.45) is 0.467. The summed E-state index contributed by atoms with van der Waals surface area (Å²) < 4.78 is 19.7. The van der Waals surface area contributed by atoms with Crippen LogP contribution in [0.15, 0.2) is 66.7 Å². The van der Waals surface area contributed by atoms with E-state index in [1.54, 1.807) is 43.9 Å². The molecule has 11 heteroatoms. The maximum atomic E-state index is 13.5. The van der Waals surface area contributed by atoms with Gasteiger partial charge in [0.2, 0.25) is 0 Å². The number of halogens is 1. The topological polar surface area (TPSA) is 121 Å². The van der Waals surface area contributed by atoms with Gasteiger partial charge in [0.1, 0.15) is 17.5 Å². The van der Waals surface area contributed by atoms with Crippen LogP contribution in [0.1, 0.15) is 44.0 Å². The minimum atomic E-state index is -1.10. The summed E-state index contributed by atoms with van der Waals surface area (Å²) in [4.78, 5) is 43.5. The number of nitrogens with one attached hydrogen (secondary N) is 2. The monoisotopic (exact) mass is 604 g/mol. The molecule has 0 bridgehead atoms. The van der Waals surface area contributed by atoms with Crippen LogP contribution in [0.5, 0.6) is 0 Å². The standard InChI is InChI=1S/C32H33FN4O5S/c1-32(2,3)42-31(41)37-16-14-21(15-17-37)27(29(39)40)36-28(38)22-6-4-19(5-7-22)20-8-11-24(12-9-20)34-30-35-25-13-10-23(33)18-26(25)43-30/h4-13,18,21,27H,14-17H2,1-3H3,(H,34,35)(H,36,38)(H,39,40). The predicted octanol–water partition coefficient (Wildman–Crippen LogP) is 6.68. The number of piperidine rings is 1. The van der Waals surface area contributed by atoms with Gasteiger partial charge >= 0.3 is 12.1 Å². The number of carboxylic acid groups (broad SMARTS) is 1. The maximum Gasteiger partial charge on any atom is 0.410 e. The van der Waals surface area contributed by atoms with E-state index in [1.807, 2.05) is 36.4 Å². The molecule has 224 valence electrons. The van der Waals surface area contributed by atoms with Crippen LogP contribution in [0, 0.1) is 11.7 Å². The van der Waals surface area contributed by atoms with E-state index >= 15 is 0 Å². The van der Waals surface area contributed by atoms with Crippen LogP contribution in [0.2, 0.25) is 0 Å². The minimum Gasteiger partial charge on any atom is -0.480 e. The Kier molecular flexibility index (Phi) is 8.63. The average molecular weight is 605 g/mol. The Morgan fingerprint density at radius 3 is 2.23 bits per heavy atom. The summed E-state index contributed by atoms with van der Waals surface area (Å²) in [5.74, 6) is -2.18. The van der Waals surface area contributed by atoms with Gasteiger partial charge in [-0.15, -0.1) is 0 Å². The number of hydrogen-bond acceptors (Lipinski definition) is 7. The van der Waals surface area contributed by atoms with E-state index in [1.165, 1.54) is 23.5 Å². The van der Waals surface area contributed by atoms with E-state index in [0.717, 1.165) is 27.0 Å². The number of thiazole rings is 1. The van der Waals surface area contributed by atoms with E-state index in [0.29, 0.717) is 36.6 Å². The van der Waals surface area contributed by atoms with Gasteiger partial charge in [-0.2, -0.15) is 0 Å². The van der Waals surface area contributed by atoms with Crippen LogP contribution in [-0.4, -0.2) is 57.7 Å². The lowest BCUT2D eigenvalue weighted by atomic mass is 9.89. The Morgan fingerprint density at radius 2 is 1.63 bits per heavy atom. The van der Waals surface area contributed by atoms with Gasteiger partial charge in [0, 0.05) is 24.3 Å². The van der Waals surface area contributed by atoms with Crippen molar-refractivity contribution >= 4 is 50.3 Å². The van der Waals surface area contributed by atoms with Crippen molar-refractivity contribution < 1.29 is 28.6 Å². The minimum absolute atomic E-state index is 0.297. The molecule has 3 N–H and O–H groups in total. The fourth-order valence-corrected chi connectivity index (χ4v) is 5.89. The van der Waals surface area contributed by atoms with Crippen LogP contribution in [0.3, 0.4) is 0 Å². The number of aliphatic carboxylic acids is 1. The van der Waals surface area contributed by atoms with Crippen molar-refractivity contribution in [1.82, 2.24) is 15.2 Å². The highest BCUT2D eigenvalue weighted by Crippen LogP contribution is 2.30. The van der Waals surface area contributed by atoms with Crippen molar-refractivity contribution in [2.75, 3.05) is 18.4 Å². The highest BCUT2D eigenvalue weighted by atomic mass is 32.1. The van der Waals surface area contributed by atoms with Gasteiger partial charge in [0.25, 0.3) is 5.91 Å². The maximum absolute atomic E-state index is 13.5. The molecule has 2 amide bonds. The number of aromatic nitrogens is 1. The van der Waals surface area contributed by atoms with Crippen molar-refractivity contribution in [2.24, 2.45) is 5.92 Å². The number of benzene rings is 3. The largest absolute Gasteiger partial charge is 0.480 e. The number of anilines is 2. The van der Waals surface area contributed by atoms with Crippen LogP contribution in [0.25, 0.3) is 21.3 Å². The first-order valence-electron chi connectivity index (χ1n) is 14.0. The second-order valence-corrected chi connectivity index (χ2v) is 12.5. The number of carboxylic acids is 1. The third-order valence-electron chi connectivity index (χ3n) is 7.18. The zero-order valence-electron chi connectivity index (χ0n) is 24.1. The summed E-state index contributed by atoms with van der Waals surface area (Å²) in [7, 11) is 0. The van der Waals surface area contributed by atoms with Crippen molar-refractivity contribution in [3.63, 3.8) is 0 Å². The Labute approximate surface area is 252 Å². The molecule has 1 aromatic heterocycles. The highest BCUT2D eigenvalue weighted by Gasteiger charge is 2.35. The molecule has 1 aliphatic heterocycles. The van der Waals surface area contributed by atoms with Crippen molar-refractivity contribution in [3.05, 3.63) is 78.1 Å². The third-order valence-corrected chi connectivity index (χ3v) is 8.12. The van der Waals surface area contributed by atoms with Crippen LogP contribution < -0.4 is 10.6 Å². The first-order chi connectivity index (χ1) is 20.4. The molecular weight excluding hydrogens is 571 g/mol. The third kappa shape index (κ3) is 7.47. The SMILES string of the molecule is CC(C)(C)OC(=O)N1CCC(C(NC(=O)c2ccc(-c3ccc(Nc4nc5ccc(F)cc5s4)cc3)cc2)C(=O)O)CC1. The lowest BCUT2D eigenvalue weighted by Gasteiger charge is -2.35. The molecule has 0 radical (unpaired) electrons. The summed E-state index contributed by atoms with van der Waals surface area (Å²) in [5.41, 5.74) is 3.13. The van der Waals surface area contributed by atoms with E-state index in [4.69, 9.17) is 4.74 Å². The molecule has 43 heavy (non-hydrogen) atoms.